The first-order chi connectivity index (χ1) is 20.4. The Bertz CT molecular complexity index is 1380. The summed E-state index contributed by atoms with van der Waals surface area (Å²) in [4.78, 5) is 54.4. The first-order valence-corrected chi connectivity index (χ1v) is 16.4. The highest BCUT2D eigenvalue weighted by Crippen LogP contribution is 2.40. The molecule has 0 aliphatic heterocycles. The molecule has 2 aliphatic rings. The number of carbonyl (C=O) groups is 4. The van der Waals surface area contributed by atoms with E-state index < -0.39 is 11.9 Å². The summed E-state index contributed by atoms with van der Waals surface area (Å²) in [7, 11) is 0. The van der Waals surface area contributed by atoms with Crippen LogP contribution < -0.4 is 10.6 Å². The summed E-state index contributed by atoms with van der Waals surface area (Å²) in [5, 5.41) is 6.87. The highest BCUT2D eigenvalue weighted by atomic mass is 32.1. The van der Waals surface area contributed by atoms with Gasteiger partial charge in [0.2, 0.25) is 0 Å². The topological polar surface area (TPSA) is 111 Å². The maximum Gasteiger partial charge on any atom is 0.341 e. The number of aryl methyl sites for hydroxylation is 2. The first-order valence-electron chi connectivity index (χ1n) is 14.8. The molecule has 2 amide bonds. The number of ether oxygens (including phenoxy) is 2. The minimum absolute atomic E-state index is 0.329. The van der Waals surface area contributed by atoms with Crippen LogP contribution in [0.25, 0.3) is 0 Å². The zero-order valence-electron chi connectivity index (χ0n) is 24.1. The average molecular weight is 609 g/mol. The van der Waals surface area contributed by atoms with Crippen LogP contribution in [-0.4, -0.2) is 37.0 Å². The van der Waals surface area contributed by atoms with E-state index in [9.17, 15) is 19.2 Å². The lowest BCUT2D eigenvalue weighted by Crippen LogP contribution is -2.17. The second-order valence-electron chi connectivity index (χ2n) is 10.6. The van der Waals surface area contributed by atoms with Crippen molar-refractivity contribution in [3.8, 4) is 0 Å². The summed E-state index contributed by atoms with van der Waals surface area (Å²) in [6.07, 6.45) is 8.94. The number of amides is 2. The van der Waals surface area contributed by atoms with Crippen molar-refractivity contribution >= 4 is 56.4 Å². The highest BCUT2D eigenvalue weighted by Gasteiger charge is 2.29. The van der Waals surface area contributed by atoms with Gasteiger partial charge in [-0.3, -0.25) is 9.59 Å². The molecule has 5 rings (SSSR count). The number of hydrogen-bond donors (Lipinski definition) is 2. The van der Waals surface area contributed by atoms with Crippen LogP contribution in [0.1, 0.15) is 115 Å². The Hall–Kier alpha value is -3.50. The summed E-state index contributed by atoms with van der Waals surface area (Å²) in [5.74, 6) is -1.52. The lowest BCUT2D eigenvalue weighted by Gasteiger charge is -2.13. The van der Waals surface area contributed by atoms with Gasteiger partial charge in [-0.2, -0.15) is 0 Å². The largest absolute Gasteiger partial charge is 0.462 e. The van der Waals surface area contributed by atoms with E-state index in [1.165, 1.54) is 22.7 Å². The molecule has 222 valence electrons. The van der Waals surface area contributed by atoms with Crippen molar-refractivity contribution in [2.24, 2.45) is 0 Å². The molecular weight excluding hydrogens is 572 g/mol. The van der Waals surface area contributed by atoms with Crippen molar-refractivity contribution < 1.29 is 28.7 Å². The number of nitrogens with one attached hydrogen (secondary N) is 2. The predicted octanol–water partition coefficient (Wildman–Crippen LogP) is 7.21. The number of esters is 2. The molecule has 0 radical (unpaired) electrons. The van der Waals surface area contributed by atoms with E-state index in [1.54, 1.807) is 24.3 Å². The Kier molecular flexibility index (Phi) is 9.74. The van der Waals surface area contributed by atoms with E-state index in [1.807, 2.05) is 13.8 Å². The van der Waals surface area contributed by atoms with Gasteiger partial charge in [0.1, 0.15) is 10.0 Å². The van der Waals surface area contributed by atoms with Gasteiger partial charge in [0.05, 0.1) is 24.3 Å². The minimum Gasteiger partial charge on any atom is -0.462 e. The Morgan fingerprint density at radius 2 is 1.02 bits per heavy atom. The fraction of sp³-hybridized carbons (Fsp3) is 0.438. The molecule has 42 heavy (non-hydrogen) atoms. The summed E-state index contributed by atoms with van der Waals surface area (Å²) in [6.45, 7) is 4.54. The van der Waals surface area contributed by atoms with Crippen LogP contribution in [0.2, 0.25) is 0 Å². The van der Waals surface area contributed by atoms with E-state index in [4.69, 9.17) is 9.47 Å². The van der Waals surface area contributed by atoms with E-state index in [2.05, 4.69) is 10.6 Å². The molecule has 2 heterocycles. The summed E-state index contributed by atoms with van der Waals surface area (Å²) >= 11 is 2.88. The first kappa shape index (κ1) is 30.0. The fourth-order valence-electron chi connectivity index (χ4n) is 5.40. The normalized spacial score (nSPS) is 14.0. The average Bonchev–Trinajstić information content (AvgIpc) is 3.56. The Morgan fingerprint density at radius 3 is 1.40 bits per heavy atom. The lowest BCUT2D eigenvalue weighted by molar-refractivity contribution is 0.0496. The molecule has 0 bridgehead atoms. The molecule has 3 aromatic rings. The zero-order valence-corrected chi connectivity index (χ0v) is 25.7. The number of fused-ring (bicyclic) bond motifs is 2. The molecule has 8 nitrogen and oxygen atoms in total. The van der Waals surface area contributed by atoms with Crippen molar-refractivity contribution in [1.29, 1.82) is 0 Å². The Labute approximate surface area is 253 Å². The zero-order chi connectivity index (χ0) is 29.6. The van der Waals surface area contributed by atoms with Gasteiger partial charge in [0.15, 0.2) is 0 Å². The molecule has 2 aliphatic carbocycles. The number of rotatable bonds is 10. The van der Waals surface area contributed by atoms with E-state index in [0.717, 1.165) is 85.1 Å². The fourth-order valence-corrected chi connectivity index (χ4v) is 7.94. The standard InChI is InChI=1S/C32H36N2O6S2/c1-3-17-39-31(37)25-21-9-5-7-11-23(21)41-29(25)33-27(35)19-13-15-20(16-14-19)28(36)34-30-26(32(38)40-18-4-2)22-10-6-8-12-24(22)42-30/h13-16H,3-12,17-18H2,1-2H3,(H,33,35)(H,34,36). The van der Waals surface area contributed by atoms with Crippen molar-refractivity contribution in [2.75, 3.05) is 23.8 Å². The Balaban J connectivity index is 1.31. The van der Waals surface area contributed by atoms with Crippen LogP contribution in [0.3, 0.4) is 0 Å². The molecule has 10 heteroatoms. The molecule has 0 saturated carbocycles. The van der Waals surface area contributed by atoms with E-state index in [-0.39, 0.29) is 11.8 Å². The van der Waals surface area contributed by atoms with Gasteiger partial charge in [0.25, 0.3) is 11.8 Å². The number of hydrogen-bond acceptors (Lipinski definition) is 8. The van der Waals surface area contributed by atoms with Gasteiger partial charge < -0.3 is 20.1 Å². The summed E-state index contributed by atoms with van der Waals surface area (Å²) in [5.41, 5.74) is 3.65. The van der Waals surface area contributed by atoms with Crippen molar-refractivity contribution in [3.63, 3.8) is 0 Å². The molecule has 0 unspecified atom stereocenters. The maximum absolute atomic E-state index is 13.2. The van der Waals surface area contributed by atoms with Crippen LogP contribution in [0.5, 0.6) is 0 Å². The van der Waals surface area contributed by atoms with Crippen LogP contribution in [0.15, 0.2) is 24.3 Å². The highest BCUT2D eigenvalue weighted by molar-refractivity contribution is 7.17. The van der Waals surface area contributed by atoms with E-state index >= 15 is 0 Å². The quantitative estimate of drug-likeness (QED) is 0.236. The monoisotopic (exact) mass is 608 g/mol. The van der Waals surface area contributed by atoms with Crippen LogP contribution in [-0.2, 0) is 35.2 Å². The van der Waals surface area contributed by atoms with Gasteiger partial charge in [-0.1, -0.05) is 13.8 Å². The minimum atomic E-state index is -0.397. The van der Waals surface area contributed by atoms with Crippen LogP contribution >= 0.6 is 22.7 Å². The molecule has 0 fully saturated rings. The van der Waals surface area contributed by atoms with Crippen molar-refractivity contribution in [3.05, 3.63) is 67.4 Å². The third-order valence-electron chi connectivity index (χ3n) is 7.49. The van der Waals surface area contributed by atoms with Gasteiger partial charge in [-0.15, -0.1) is 22.7 Å². The second kappa shape index (κ2) is 13.6. The molecule has 2 N–H and O–H groups in total. The number of thiophene rings is 2. The Morgan fingerprint density at radius 1 is 0.643 bits per heavy atom. The number of carbonyl (C=O) groups excluding carboxylic acids is 4. The molecule has 0 saturated heterocycles. The molecule has 0 spiro atoms. The number of anilines is 2. The summed E-state index contributed by atoms with van der Waals surface area (Å²) in [6, 6.07) is 6.34. The molecule has 1 aromatic carbocycles. The van der Waals surface area contributed by atoms with Gasteiger partial charge in [-0.25, -0.2) is 9.59 Å². The third-order valence-corrected chi connectivity index (χ3v) is 9.90. The van der Waals surface area contributed by atoms with Gasteiger partial charge in [-0.05, 0) is 99.6 Å². The molecule has 2 aromatic heterocycles. The molecular formula is C32H36N2O6S2. The van der Waals surface area contributed by atoms with E-state index in [0.29, 0.717) is 45.5 Å². The van der Waals surface area contributed by atoms with Gasteiger partial charge in [0, 0.05) is 20.9 Å². The second-order valence-corrected chi connectivity index (χ2v) is 12.8. The smallest absolute Gasteiger partial charge is 0.341 e. The summed E-state index contributed by atoms with van der Waals surface area (Å²) < 4.78 is 10.9. The maximum atomic E-state index is 13.2. The van der Waals surface area contributed by atoms with Crippen LogP contribution in [0, 0.1) is 0 Å². The lowest BCUT2D eigenvalue weighted by atomic mass is 9.95. The van der Waals surface area contributed by atoms with Gasteiger partial charge >= 0.3 is 11.9 Å². The van der Waals surface area contributed by atoms with Crippen LogP contribution in [0.4, 0.5) is 10.0 Å². The third kappa shape index (κ3) is 6.44. The number of benzene rings is 1. The van der Waals surface area contributed by atoms with Crippen molar-refractivity contribution in [1.82, 2.24) is 0 Å². The molecule has 0 atom stereocenters. The SMILES string of the molecule is CCCOC(=O)c1c(NC(=O)c2ccc(C(=O)Nc3sc4c(c3C(=O)OCCC)CCCC4)cc2)sc2c1CCCC2. The predicted molar refractivity (Wildman–Crippen MR) is 165 cm³/mol. The van der Waals surface area contributed by atoms with Crippen molar-refractivity contribution in [2.45, 2.75) is 78.1 Å².